The molecule has 0 spiro atoms. The number of fused-ring (bicyclic) bond motifs is 6. The second kappa shape index (κ2) is 12.5. The van der Waals surface area contributed by atoms with E-state index in [1.807, 2.05) is 0 Å². The predicted molar refractivity (Wildman–Crippen MR) is 220 cm³/mol. The van der Waals surface area contributed by atoms with Crippen LogP contribution in [0.4, 0.5) is 17.1 Å². The largest absolute Gasteiger partial charge is 0.455 e. The van der Waals surface area contributed by atoms with Crippen molar-refractivity contribution in [3.8, 4) is 33.4 Å². The Labute approximate surface area is 302 Å². The molecule has 0 unspecified atom stereocenters. The molecule has 244 valence electrons. The third-order valence-corrected chi connectivity index (χ3v) is 10.2. The highest BCUT2D eigenvalue weighted by Crippen LogP contribution is 2.52. The van der Waals surface area contributed by atoms with Crippen LogP contribution in [0.1, 0.15) is 0 Å². The molecule has 0 bridgehead atoms. The Morgan fingerprint density at radius 1 is 0.327 bits per heavy atom. The Bertz CT molecular complexity index is 2830. The van der Waals surface area contributed by atoms with E-state index in [9.17, 15) is 0 Å². The van der Waals surface area contributed by atoms with Crippen LogP contribution in [0.25, 0.3) is 76.9 Å². The van der Waals surface area contributed by atoms with Gasteiger partial charge in [-0.15, -0.1) is 0 Å². The van der Waals surface area contributed by atoms with Crippen LogP contribution in [0.3, 0.4) is 0 Å². The summed E-state index contributed by atoms with van der Waals surface area (Å²) in [7, 11) is 0. The van der Waals surface area contributed by atoms with Gasteiger partial charge in [0.05, 0.1) is 22.4 Å². The fraction of sp³-hybridized carbons (Fsp3) is 0. The molecule has 1 aromatic heterocycles. The van der Waals surface area contributed by atoms with E-state index in [0.717, 1.165) is 72.4 Å². The Kier molecular flexibility index (Phi) is 7.18. The summed E-state index contributed by atoms with van der Waals surface area (Å²) in [4.78, 5) is 2.51. The second-order valence-electron chi connectivity index (χ2n) is 13.2. The molecule has 10 rings (SSSR count). The van der Waals surface area contributed by atoms with Gasteiger partial charge in [-0.1, -0.05) is 176 Å². The van der Waals surface area contributed by atoms with Crippen LogP contribution in [0.15, 0.2) is 205 Å². The Morgan fingerprint density at radius 2 is 0.846 bits per heavy atom. The molecule has 0 aliphatic carbocycles. The highest BCUT2D eigenvalue weighted by Gasteiger charge is 2.27. The van der Waals surface area contributed by atoms with Crippen molar-refractivity contribution in [3.05, 3.63) is 200 Å². The number of nitrogens with zero attached hydrogens (tertiary/aromatic N) is 1. The minimum atomic E-state index is 0.866. The molecule has 0 saturated carbocycles. The smallest absolute Gasteiger partial charge is 0.145 e. The van der Waals surface area contributed by atoms with Crippen molar-refractivity contribution in [1.82, 2.24) is 0 Å². The first kappa shape index (κ1) is 30.0. The van der Waals surface area contributed by atoms with Gasteiger partial charge in [-0.3, -0.25) is 0 Å². The first-order chi connectivity index (χ1) is 25.8. The van der Waals surface area contributed by atoms with Gasteiger partial charge in [0.25, 0.3) is 0 Å². The summed E-state index contributed by atoms with van der Waals surface area (Å²) in [5, 5.41) is 6.98. The van der Waals surface area contributed by atoms with Gasteiger partial charge in [0.1, 0.15) is 11.2 Å². The van der Waals surface area contributed by atoms with Gasteiger partial charge in [0.2, 0.25) is 0 Å². The van der Waals surface area contributed by atoms with Crippen LogP contribution in [-0.2, 0) is 0 Å². The molecular formula is C50H33NO. The maximum absolute atomic E-state index is 6.86. The highest BCUT2D eigenvalue weighted by molar-refractivity contribution is 6.21. The molecule has 2 heteroatoms. The molecule has 0 amide bonds. The molecular weight excluding hydrogens is 631 g/mol. The standard InChI is InChI=1S/C50H33NO/c1-4-16-34(17-5-1)40-26-15-27-41(35-18-6-2-7-19-35)49(40)51(44-28-14-23-38-31-30-37-22-10-11-24-39(37)47(38)44)45-33-32-42(36-20-8-3-9-21-36)50-48(45)43-25-12-13-29-46(43)52-50/h1-33H. The van der Waals surface area contributed by atoms with E-state index in [0.29, 0.717) is 0 Å². The molecule has 0 saturated heterocycles. The maximum atomic E-state index is 6.86. The van der Waals surface area contributed by atoms with Crippen LogP contribution < -0.4 is 4.90 Å². The third kappa shape index (κ3) is 4.88. The minimum absolute atomic E-state index is 0.866. The van der Waals surface area contributed by atoms with E-state index in [1.54, 1.807) is 0 Å². The molecule has 1 heterocycles. The summed E-state index contributed by atoms with van der Waals surface area (Å²) in [6.07, 6.45) is 0. The van der Waals surface area contributed by atoms with E-state index in [-0.39, 0.29) is 0 Å². The van der Waals surface area contributed by atoms with Crippen molar-refractivity contribution < 1.29 is 4.42 Å². The summed E-state index contributed by atoms with van der Waals surface area (Å²) < 4.78 is 6.86. The van der Waals surface area contributed by atoms with Crippen molar-refractivity contribution in [2.45, 2.75) is 0 Å². The van der Waals surface area contributed by atoms with E-state index >= 15 is 0 Å². The van der Waals surface area contributed by atoms with Crippen molar-refractivity contribution in [1.29, 1.82) is 0 Å². The van der Waals surface area contributed by atoms with Crippen molar-refractivity contribution >= 4 is 60.5 Å². The summed E-state index contributed by atoms with van der Waals surface area (Å²) in [5.41, 5.74) is 11.8. The van der Waals surface area contributed by atoms with Gasteiger partial charge in [-0.05, 0) is 57.1 Å². The van der Waals surface area contributed by atoms with Gasteiger partial charge in [-0.25, -0.2) is 0 Å². The lowest BCUT2D eigenvalue weighted by Gasteiger charge is -2.32. The molecule has 10 aromatic rings. The average Bonchev–Trinajstić information content (AvgIpc) is 3.62. The van der Waals surface area contributed by atoms with Crippen LogP contribution in [0.5, 0.6) is 0 Å². The third-order valence-electron chi connectivity index (χ3n) is 10.2. The molecule has 2 nitrogen and oxygen atoms in total. The molecule has 0 aliphatic heterocycles. The maximum Gasteiger partial charge on any atom is 0.145 e. The van der Waals surface area contributed by atoms with Gasteiger partial charge in [0.15, 0.2) is 0 Å². The SMILES string of the molecule is c1ccc(-c2cccc(-c3ccccc3)c2N(c2cccc3ccc4ccccc4c23)c2ccc(-c3ccccc3)c3oc4ccccc4c23)cc1. The normalized spacial score (nSPS) is 11.5. The van der Waals surface area contributed by atoms with Gasteiger partial charge in [0, 0.05) is 27.5 Å². The zero-order chi connectivity index (χ0) is 34.4. The van der Waals surface area contributed by atoms with Crippen LogP contribution >= 0.6 is 0 Å². The van der Waals surface area contributed by atoms with Crippen LogP contribution in [0.2, 0.25) is 0 Å². The first-order valence-corrected chi connectivity index (χ1v) is 17.8. The lowest BCUT2D eigenvalue weighted by molar-refractivity contribution is 0.670. The van der Waals surface area contributed by atoms with E-state index in [1.165, 1.54) is 21.5 Å². The summed E-state index contributed by atoms with van der Waals surface area (Å²) in [6.45, 7) is 0. The van der Waals surface area contributed by atoms with Gasteiger partial charge < -0.3 is 9.32 Å². The van der Waals surface area contributed by atoms with E-state index < -0.39 is 0 Å². The van der Waals surface area contributed by atoms with Crippen LogP contribution in [0, 0.1) is 0 Å². The van der Waals surface area contributed by atoms with Crippen molar-refractivity contribution in [2.75, 3.05) is 4.90 Å². The zero-order valence-electron chi connectivity index (χ0n) is 28.4. The van der Waals surface area contributed by atoms with Crippen LogP contribution in [-0.4, -0.2) is 0 Å². The number of anilines is 3. The monoisotopic (exact) mass is 663 g/mol. The minimum Gasteiger partial charge on any atom is -0.455 e. The fourth-order valence-corrected chi connectivity index (χ4v) is 7.92. The molecule has 52 heavy (non-hydrogen) atoms. The Hall–Kier alpha value is -6.90. The number of para-hydroxylation sites is 2. The number of furan rings is 1. The number of hydrogen-bond donors (Lipinski definition) is 0. The fourth-order valence-electron chi connectivity index (χ4n) is 7.92. The van der Waals surface area contributed by atoms with E-state index in [4.69, 9.17) is 4.42 Å². The van der Waals surface area contributed by atoms with Crippen molar-refractivity contribution in [2.24, 2.45) is 0 Å². The van der Waals surface area contributed by atoms with Gasteiger partial charge in [-0.2, -0.15) is 0 Å². The van der Waals surface area contributed by atoms with Crippen molar-refractivity contribution in [3.63, 3.8) is 0 Å². The molecule has 9 aromatic carbocycles. The highest BCUT2D eigenvalue weighted by atomic mass is 16.3. The van der Waals surface area contributed by atoms with E-state index in [2.05, 4.69) is 205 Å². The number of benzene rings is 9. The molecule has 0 N–H and O–H groups in total. The average molecular weight is 664 g/mol. The molecule has 0 fully saturated rings. The quantitative estimate of drug-likeness (QED) is 0.165. The summed E-state index contributed by atoms with van der Waals surface area (Å²) >= 11 is 0. The van der Waals surface area contributed by atoms with Gasteiger partial charge >= 0.3 is 0 Å². The Morgan fingerprint density at radius 3 is 1.54 bits per heavy atom. The molecule has 0 atom stereocenters. The second-order valence-corrected chi connectivity index (χ2v) is 13.2. The zero-order valence-corrected chi connectivity index (χ0v) is 28.4. The first-order valence-electron chi connectivity index (χ1n) is 17.8. The molecule has 0 aliphatic rings. The Balaban J connectivity index is 1.41. The number of rotatable bonds is 6. The number of hydrogen-bond acceptors (Lipinski definition) is 2. The molecule has 0 radical (unpaired) electrons. The summed E-state index contributed by atoms with van der Waals surface area (Å²) in [5.74, 6) is 0. The topological polar surface area (TPSA) is 16.4 Å². The lowest BCUT2D eigenvalue weighted by atomic mass is 9.92. The summed E-state index contributed by atoms with van der Waals surface area (Å²) in [6, 6.07) is 71.7. The lowest BCUT2D eigenvalue weighted by Crippen LogP contribution is -2.14. The predicted octanol–water partition coefficient (Wildman–Crippen LogP) is 14.4.